The van der Waals surface area contributed by atoms with Gasteiger partial charge in [-0.2, -0.15) is 0 Å². The Bertz CT molecular complexity index is 1000. The van der Waals surface area contributed by atoms with Crippen molar-refractivity contribution in [2.45, 2.75) is 91.8 Å². The number of esters is 1. The SMILES string of the molecule is CC(C)(C)OC(=O)C(CCCCNC(=O)Cc1cc[c]([Sn]([CH3])([CH3])[CH3])cc1)NC(=O)NC(CCC(=O)O)C(=O)O. The van der Waals surface area contributed by atoms with E-state index in [1.54, 1.807) is 20.8 Å². The number of unbranched alkanes of at least 4 members (excludes halogenated alkanes) is 1. The molecule has 0 aliphatic carbocycles. The Morgan fingerprint density at radius 1 is 0.897 bits per heavy atom. The molecule has 0 bridgehead atoms. The van der Waals surface area contributed by atoms with E-state index in [4.69, 9.17) is 9.84 Å². The smallest absolute Gasteiger partial charge is 0.326 e. The number of carbonyl (C=O) groups excluding carboxylic acids is 3. The fraction of sp³-hybridized carbons (Fsp3) is 0.593. The minimum absolute atomic E-state index is 0.107. The molecule has 0 saturated carbocycles. The monoisotopic (exact) mass is 657 g/mol. The molecule has 0 saturated heterocycles. The number of carboxylic acid groups (broad SMARTS) is 2. The summed E-state index contributed by atoms with van der Waals surface area (Å²) in [6.45, 7) is 5.44. The zero-order valence-electron chi connectivity index (χ0n) is 23.8. The second-order valence-electron chi connectivity index (χ2n) is 11.5. The van der Waals surface area contributed by atoms with Crippen LogP contribution in [0.4, 0.5) is 4.79 Å². The molecule has 0 aliphatic rings. The van der Waals surface area contributed by atoms with Crippen molar-refractivity contribution in [3.63, 3.8) is 0 Å². The quantitative estimate of drug-likeness (QED) is 0.109. The predicted octanol–water partition coefficient (Wildman–Crippen LogP) is 2.39. The van der Waals surface area contributed by atoms with Crippen LogP contribution in [0.25, 0.3) is 0 Å². The van der Waals surface area contributed by atoms with Gasteiger partial charge in [0, 0.05) is 6.42 Å². The average Bonchev–Trinajstić information content (AvgIpc) is 2.79. The molecule has 2 unspecified atom stereocenters. The van der Waals surface area contributed by atoms with E-state index in [1.165, 1.54) is 3.58 Å². The maximum atomic E-state index is 12.7. The van der Waals surface area contributed by atoms with Crippen molar-refractivity contribution in [2.75, 3.05) is 6.54 Å². The van der Waals surface area contributed by atoms with E-state index in [-0.39, 0.29) is 25.2 Å². The molecule has 218 valence electrons. The third-order valence-corrected chi connectivity index (χ3v) is 11.6. The molecule has 1 rings (SSSR count). The van der Waals surface area contributed by atoms with Gasteiger partial charge in [-0.25, -0.2) is 14.4 Å². The number of ether oxygens (including phenoxy) is 1. The summed E-state index contributed by atoms with van der Waals surface area (Å²) in [5, 5.41) is 25.5. The van der Waals surface area contributed by atoms with E-state index in [0.717, 1.165) is 5.56 Å². The van der Waals surface area contributed by atoms with Crippen LogP contribution in [0.5, 0.6) is 0 Å². The van der Waals surface area contributed by atoms with Gasteiger partial charge < -0.3 is 25.6 Å². The molecule has 1 aromatic rings. The Hall–Kier alpha value is -2.83. The molecule has 0 spiro atoms. The van der Waals surface area contributed by atoms with E-state index < -0.39 is 66.4 Å². The first-order valence-corrected chi connectivity index (χ1v) is 23.1. The Morgan fingerprint density at radius 2 is 1.49 bits per heavy atom. The van der Waals surface area contributed by atoms with Crippen LogP contribution in [0, 0.1) is 0 Å². The third kappa shape index (κ3) is 14.8. The number of hydrogen-bond acceptors (Lipinski definition) is 6. The minimum Gasteiger partial charge on any atom is -0.481 e. The van der Waals surface area contributed by atoms with E-state index in [2.05, 4.69) is 42.9 Å². The molecule has 1 aromatic carbocycles. The van der Waals surface area contributed by atoms with E-state index in [1.807, 2.05) is 12.1 Å². The van der Waals surface area contributed by atoms with Gasteiger partial charge in [-0.1, -0.05) is 0 Å². The van der Waals surface area contributed by atoms with Gasteiger partial charge in [0.15, 0.2) is 0 Å². The number of hydrogen-bond donors (Lipinski definition) is 5. The summed E-state index contributed by atoms with van der Waals surface area (Å²) >= 11 is -2.13. The number of rotatable bonds is 15. The van der Waals surface area contributed by atoms with Gasteiger partial charge in [-0.15, -0.1) is 0 Å². The molecule has 0 aliphatic heterocycles. The molecule has 0 radical (unpaired) electrons. The summed E-state index contributed by atoms with van der Waals surface area (Å²) in [6.07, 6.45) is 0.739. The third-order valence-electron chi connectivity index (χ3n) is 5.67. The van der Waals surface area contributed by atoms with Crippen molar-refractivity contribution < 1.29 is 38.9 Å². The normalized spacial score (nSPS) is 13.1. The number of carboxylic acids is 2. The number of benzene rings is 1. The van der Waals surface area contributed by atoms with Crippen LogP contribution in [0.3, 0.4) is 0 Å². The van der Waals surface area contributed by atoms with Gasteiger partial charge in [-0.3, -0.25) is 4.79 Å². The van der Waals surface area contributed by atoms with E-state index in [9.17, 15) is 29.1 Å². The van der Waals surface area contributed by atoms with Crippen molar-refractivity contribution in [2.24, 2.45) is 0 Å². The second kappa shape index (κ2) is 15.7. The van der Waals surface area contributed by atoms with Crippen LogP contribution in [-0.4, -0.2) is 82.7 Å². The molecular weight excluding hydrogens is 613 g/mol. The molecule has 2 atom stereocenters. The van der Waals surface area contributed by atoms with Crippen LogP contribution in [-0.2, 0) is 30.3 Å². The van der Waals surface area contributed by atoms with Gasteiger partial charge in [-0.05, 0) is 27.2 Å². The predicted molar refractivity (Wildman–Crippen MR) is 150 cm³/mol. The fourth-order valence-corrected chi connectivity index (χ4v) is 6.91. The topological polar surface area (TPSA) is 171 Å². The number of amides is 3. The standard InChI is InChI=1S/C24H34N3O8.3CH3.Sn/c1-24(2,3)35-22(33)18(27-23(34)26-17(21(31)32)12-13-20(29)30)11-7-8-14-25-19(28)15-16-9-5-4-6-10-16;;;;/h5-6,9-10,17-18H,7-8,11-15H2,1-3H3,(H,25,28)(H,29,30)(H,31,32)(H2,26,27,34);3*1H3;. The molecule has 0 heterocycles. The summed E-state index contributed by atoms with van der Waals surface area (Å²) < 4.78 is 6.78. The van der Waals surface area contributed by atoms with Crippen molar-refractivity contribution in [3.8, 4) is 0 Å². The maximum absolute atomic E-state index is 12.7. The summed E-state index contributed by atoms with van der Waals surface area (Å²) in [5.41, 5.74) is 0.135. The molecule has 39 heavy (non-hydrogen) atoms. The number of aliphatic carboxylic acids is 2. The van der Waals surface area contributed by atoms with Crippen LogP contribution in [0.15, 0.2) is 24.3 Å². The van der Waals surface area contributed by atoms with Crippen LogP contribution >= 0.6 is 0 Å². The van der Waals surface area contributed by atoms with Gasteiger partial charge in [0.25, 0.3) is 0 Å². The van der Waals surface area contributed by atoms with Gasteiger partial charge in [0.2, 0.25) is 0 Å². The molecule has 0 aromatic heterocycles. The van der Waals surface area contributed by atoms with Crippen molar-refractivity contribution >= 4 is 51.8 Å². The first kappa shape index (κ1) is 34.2. The first-order chi connectivity index (χ1) is 18.0. The molecule has 12 heteroatoms. The Balaban J connectivity index is 2.61. The molecule has 11 nitrogen and oxygen atoms in total. The average molecular weight is 656 g/mol. The number of carbonyl (C=O) groups is 5. The van der Waals surface area contributed by atoms with E-state index in [0.29, 0.717) is 19.4 Å². The number of urea groups is 1. The Morgan fingerprint density at radius 3 is 2.00 bits per heavy atom. The summed E-state index contributed by atoms with van der Waals surface area (Å²) in [4.78, 5) is 66.5. The second-order valence-corrected chi connectivity index (χ2v) is 26.0. The van der Waals surface area contributed by atoms with Crippen molar-refractivity contribution in [3.05, 3.63) is 29.8 Å². The zero-order valence-corrected chi connectivity index (χ0v) is 26.6. The van der Waals surface area contributed by atoms with Gasteiger partial charge in [0.05, 0.1) is 0 Å². The first-order valence-electron chi connectivity index (χ1n) is 13.1. The zero-order chi connectivity index (χ0) is 29.8. The van der Waals surface area contributed by atoms with Crippen LogP contribution in [0.2, 0.25) is 14.8 Å². The van der Waals surface area contributed by atoms with E-state index >= 15 is 0 Å². The van der Waals surface area contributed by atoms with Gasteiger partial charge >= 0.3 is 145 Å². The Labute approximate surface area is 234 Å². The number of nitrogens with one attached hydrogen (secondary N) is 3. The van der Waals surface area contributed by atoms with Crippen LogP contribution < -0.4 is 19.5 Å². The van der Waals surface area contributed by atoms with Crippen LogP contribution in [0.1, 0.15) is 58.4 Å². The summed E-state index contributed by atoms with van der Waals surface area (Å²) in [5.74, 6) is -3.36. The molecule has 5 N–H and O–H groups in total. The molecular formula is C27H43N3O8Sn. The summed E-state index contributed by atoms with van der Waals surface area (Å²) in [6, 6.07) is 4.82. The van der Waals surface area contributed by atoms with Crippen molar-refractivity contribution in [1.82, 2.24) is 16.0 Å². The molecule has 0 fully saturated rings. The largest absolute Gasteiger partial charge is 0.481 e. The Kier molecular flexibility index (Phi) is 13.8. The van der Waals surface area contributed by atoms with Gasteiger partial charge in [0.1, 0.15) is 11.6 Å². The molecule has 3 amide bonds. The summed E-state index contributed by atoms with van der Waals surface area (Å²) in [7, 11) is 0. The van der Waals surface area contributed by atoms with Crippen molar-refractivity contribution in [1.29, 1.82) is 0 Å². The fourth-order valence-electron chi connectivity index (χ4n) is 3.58. The maximum Gasteiger partial charge on any atom is 0.326 e. The minimum atomic E-state index is -2.13.